The predicted octanol–water partition coefficient (Wildman–Crippen LogP) is 4.06. The van der Waals surface area contributed by atoms with Gasteiger partial charge < -0.3 is 4.74 Å². The van der Waals surface area contributed by atoms with Crippen molar-refractivity contribution in [3.8, 4) is 0 Å². The predicted molar refractivity (Wildman–Crippen MR) is 99.6 cm³/mol. The Morgan fingerprint density at radius 3 is 2.58 bits per heavy atom. The summed E-state index contributed by atoms with van der Waals surface area (Å²) in [4.78, 5) is 25.8. The van der Waals surface area contributed by atoms with E-state index in [-0.39, 0.29) is 22.2 Å². The maximum Gasteiger partial charge on any atom is 0.338 e. The van der Waals surface area contributed by atoms with Gasteiger partial charge in [0.25, 0.3) is 5.91 Å². The third-order valence-corrected chi connectivity index (χ3v) is 4.54. The Morgan fingerprint density at radius 1 is 1.23 bits per heavy atom. The number of amidine groups is 1. The average Bonchev–Trinajstić information content (AvgIpc) is 2.91. The monoisotopic (exact) mass is 370 g/mol. The van der Waals surface area contributed by atoms with E-state index in [2.05, 4.69) is 0 Å². The summed E-state index contributed by atoms with van der Waals surface area (Å²) in [5, 5.41) is 8.08. The molecule has 0 atom stereocenters. The standard InChI is InChI=1S/C19H15FN2O3S/c1-2-25-18(24)12-7-9-14(10-8-12)22-17(23)16(26-19(22)21)11-13-5-3-4-6-15(13)20/h3-11,21H,2H2,1H3/b16-11-,21-19?. The molecule has 1 heterocycles. The van der Waals surface area contributed by atoms with E-state index >= 15 is 0 Å². The minimum Gasteiger partial charge on any atom is -0.462 e. The van der Waals surface area contributed by atoms with E-state index in [4.69, 9.17) is 10.1 Å². The highest BCUT2D eigenvalue weighted by atomic mass is 32.2. The molecule has 1 aliphatic heterocycles. The van der Waals surface area contributed by atoms with Gasteiger partial charge in [-0.15, -0.1) is 0 Å². The molecule has 2 aromatic rings. The van der Waals surface area contributed by atoms with E-state index < -0.39 is 17.7 Å². The largest absolute Gasteiger partial charge is 0.462 e. The summed E-state index contributed by atoms with van der Waals surface area (Å²) in [6.07, 6.45) is 1.43. The summed E-state index contributed by atoms with van der Waals surface area (Å²) in [7, 11) is 0. The number of thioether (sulfide) groups is 1. The number of carbonyl (C=O) groups is 2. The maximum atomic E-state index is 13.8. The van der Waals surface area contributed by atoms with E-state index in [1.54, 1.807) is 37.3 Å². The van der Waals surface area contributed by atoms with Crippen LogP contribution in [0.4, 0.5) is 10.1 Å². The SMILES string of the molecule is CCOC(=O)c1ccc(N2C(=N)S/C(=C\c3ccccc3F)C2=O)cc1. The number of esters is 1. The molecule has 1 aliphatic rings. The Kier molecular flexibility index (Phi) is 5.18. The van der Waals surface area contributed by atoms with Crippen molar-refractivity contribution in [3.05, 3.63) is 70.4 Å². The van der Waals surface area contributed by atoms with Gasteiger partial charge in [0.15, 0.2) is 5.17 Å². The van der Waals surface area contributed by atoms with Crippen molar-refractivity contribution in [2.75, 3.05) is 11.5 Å². The fraction of sp³-hybridized carbons (Fsp3) is 0.105. The van der Waals surface area contributed by atoms with Crippen molar-refractivity contribution in [2.45, 2.75) is 6.92 Å². The number of anilines is 1. The Balaban J connectivity index is 1.85. The zero-order chi connectivity index (χ0) is 18.7. The van der Waals surface area contributed by atoms with E-state index in [1.165, 1.54) is 29.2 Å². The van der Waals surface area contributed by atoms with Crippen molar-refractivity contribution >= 4 is 40.6 Å². The molecule has 1 amide bonds. The number of nitrogens with zero attached hydrogens (tertiary/aromatic N) is 1. The van der Waals surface area contributed by atoms with Crippen LogP contribution >= 0.6 is 11.8 Å². The van der Waals surface area contributed by atoms with Gasteiger partial charge in [-0.25, -0.2) is 9.18 Å². The van der Waals surface area contributed by atoms with Gasteiger partial charge in [0.1, 0.15) is 5.82 Å². The smallest absolute Gasteiger partial charge is 0.338 e. The number of amides is 1. The molecule has 3 rings (SSSR count). The van der Waals surface area contributed by atoms with Crippen LogP contribution in [0.5, 0.6) is 0 Å². The van der Waals surface area contributed by atoms with Crippen LogP contribution in [0.15, 0.2) is 53.4 Å². The molecule has 2 aromatic carbocycles. The molecular formula is C19H15FN2O3S. The van der Waals surface area contributed by atoms with Gasteiger partial charge in [0.05, 0.1) is 22.8 Å². The molecule has 5 nitrogen and oxygen atoms in total. The van der Waals surface area contributed by atoms with Crippen LogP contribution in [0.25, 0.3) is 6.08 Å². The third-order valence-electron chi connectivity index (χ3n) is 3.65. The van der Waals surface area contributed by atoms with Gasteiger partial charge in [0.2, 0.25) is 0 Å². The molecule has 1 fully saturated rings. The maximum absolute atomic E-state index is 13.8. The first kappa shape index (κ1) is 17.9. The van der Waals surface area contributed by atoms with Gasteiger partial charge in [-0.1, -0.05) is 18.2 Å². The molecule has 26 heavy (non-hydrogen) atoms. The van der Waals surface area contributed by atoms with Crippen LogP contribution < -0.4 is 4.90 Å². The molecule has 1 N–H and O–H groups in total. The fourth-order valence-electron chi connectivity index (χ4n) is 2.42. The molecule has 0 unspecified atom stereocenters. The first-order chi connectivity index (χ1) is 12.5. The lowest BCUT2D eigenvalue weighted by molar-refractivity contribution is -0.113. The van der Waals surface area contributed by atoms with Crippen LogP contribution in [-0.2, 0) is 9.53 Å². The molecule has 0 radical (unpaired) electrons. The summed E-state index contributed by atoms with van der Waals surface area (Å²) in [6.45, 7) is 1.99. The van der Waals surface area contributed by atoms with Gasteiger partial charge in [-0.3, -0.25) is 15.1 Å². The molecule has 0 spiro atoms. The Bertz CT molecular complexity index is 909. The van der Waals surface area contributed by atoms with E-state index in [0.717, 1.165) is 11.8 Å². The number of nitrogens with one attached hydrogen (secondary N) is 1. The Labute approximate surface area is 154 Å². The number of rotatable bonds is 4. The van der Waals surface area contributed by atoms with Gasteiger partial charge >= 0.3 is 5.97 Å². The average molecular weight is 370 g/mol. The zero-order valence-corrected chi connectivity index (χ0v) is 14.7. The molecular weight excluding hydrogens is 355 g/mol. The second-order valence-corrected chi connectivity index (χ2v) is 6.38. The highest BCUT2D eigenvalue weighted by molar-refractivity contribution is 8.19. The quantitative estimate of drug-likeness (QED) is 0.651. The first-order valence-corrected chi connectivity index (χ1v) is 8.67. The summed E-state index contributed by atoms with van der Waals surface area (Å²) in [6, 6.07) is 12.4. The summed E-state index contributed by atoms with van der Waals surface area (Å²) in [5.41, 5.74) is 1.11. The molecule has 0 aromatic heterocycles. The third kappa shape index (κ3) is 3.52. The Morgan fingerprint density at radius 2 is 1.92 bits per heavy atom. The van der Waals surface area contributed by atoms with E-state index in [9.17, 15) is 14.0 Å². The Hall–Kier alpha value is -2.93. The van der Waals surface area contributed by atoms with E-state index in [1.807, 2.05) is 0 Å². The van der Waals surface area contributed by atoms with Gasteiger partial charge in [0, 0.05) is 5.56 Å². The minimum absolute atomic E-state index is 0.0153. The normalized spacial score (nSPS) is 15.6. The molecule has 7 heteroatoms. The second-order valence-electron chi connectivity index (χ2n) is 5.35. The van der Waals surface area contributed by atoms with Crippen molar-refractivity contribution in [2.24, 2.45) is 0 Å². The topological polar surface area (TPSA) is 70.5 Å². The summed E-state index contributed by atoms with van der Waals surface area (Å²) in [5.74, 6) is -1.29. The minimum atomic E-state index is -0.448. The summed E-state index contributed by atoms with van der Waals surface area (Å²) >= 11 is 0.961. The fourth-order valence-corrected chi connectivity index (χ4v) is 3.27. The molecule has 0 bridgehead atoms. The number of benzene rings is 2. The van der Waals surface area contributed by atoms with Crippen molar-refractivity contribution in [3.63, 3.8) is 0 Å². The number of carbonyl (C=O) groups excluding carboxylic acids is 2. The lowest BCUT2D eigenvalue weighted by Crippen LogP contribution is -2.28. The second kappa shape index (κ2) is 7.53. The number of hydrogen-bond acceptors (Lipinski definition) is 5. The van der Waals surface area contributed by atoms with Crippen LogP contribution in [-0.4, -0.2) is 23.7 Å². The zero-order valence-electron chi connectivity index (χ0n) is 13.9. The lowest BCUT2D eigenvalue weighted by atomic mass is 10.2. The molecule has 0 aliphatic carbocycles. The number of hydrogen-bond donors (Lipinski definition) is 1. The number of halogens is 1. The van der Waals surface area contributed by atoms with Crippen molar-refractivity contribution in [1.82, 2.24) is 0 Å². The van der Waals surface area contributed by atoms with Crippen molar-refractivity contribution in [1.29, 1.82) is 5.41 Å². The van der Waals surface area contributed by atoms with E-state index in [0.29, 0.717) is 11.3 Å². The molecule has 1 saturated heterocycles. The molecule has 132 valence electrons. The van der Waals surface area contributed by atoms with Gasteiger partial charge in [-0.05, 0) is 55.1 Å². The number of ether oxygens (including phenoxy) is 1. The molecule has 0 saturated carbocycles. The van der Waals surface area contributed by atoms with Crippen molar-refractivity contribution < 1.29 is 18.7 Å². The highest BCUT2D eigenvalue weighted by Gasteiger charge is 2.33. The first-order valence-electron chi connectivity index (χ1n) is 7.85. The van der Waals surface area contributed by atoms with Crippen LogP contribution in [0.3, 0.4) is 0 Å². The van der Waals surface area contributed by atoms with Gasteiger partial charge in [-0.2, -0.15) is 0 Å². The highest BCUT2D eigenvalue weighted by Crippen LogP contribution is 2.35. The summed E-state index contributed by atoms with van der Waals surface area (Å²) < 4.78 is 18.7. The lowest BCUT2D eigenvalue weighted by Gasteiger charge is -2.14. The van der Waals surface area contributed by atoms with Crippen LogP contribution in [0, 0.1) is 11.2 Å². The van der Waals surface area contributed by atoms with Crippen LogP contribution in [0.2, 0.25) is 0 Å². The van der Waals surface area contributed by atoms with Crippen LogP contribution in [0.1, 0.15) is 22.8 Å².